The Bertz CT molecular complexity index is 1120. The van der Waals surface area contributed by atoms with Gasteiger partial charge in [0.2, 0.25) is 0 Å². The summed E-state index contributed by atoms with van der Waals surface area (Å²) in [5.41, 5.74) is 2.45. The molecule has 1 aliphatic heterocycles. The number of carbonyl (C=O) groups excluding carboxylic acids is 1. The topological polar surface area (TPSA) is 85.8 Å². The highest BCUT2D eigenvalue weighted by atomic mass is 35.5. The third kappa shape index (κ3) is 6.84. The number of sulfone groups is 1. The molecule has 0 unspecified atom stereocenters. The van der Waals surface area contributed by atoms with Crippen LogP contribution in [-0.4, -0.2) is 49.3 Å². The summed E-state index contributed by atoms with van der Waals surface area (Å²) in [6.07, 6.45) is 4.46. The molecule has 1 aromatic heterocycles. The number of ether oxygens (including phenoxy) is 2. The van der Waals surface area contributed by atoms with E-state index in [-0.39, 0.29) is 22.6 Å². The van der Waals surface area contributed by atoms with Crippen LogP contribution in [0.3, 0.4) is 0 Å². The fourth-order valence-electron chi connectivity index (χ4n) is 3.70. The number of carbonyl (C=O) groups is 1. The van der Waals surface area contributed by atoms with Gasteiger partial charge < -0.3 is 14.4 Å². The van der Waals surface area contributed by atoms with Crippen LogP contribution in [0.1, 0.15) is 56.4 Å². The normalized spacial score (nSPS) is 15.4. The minimum absolute atomic E-state index is 0.149. The van der Waals surface area contributed by atoms with Gasteiger partial charge in [0.15, 0.2) is 9.84 Å². The number of aryl methyl sites for hydroxylation is 1. The van der Waals surface area contributed by atoms with Crippen LogP contribution in [0, 0.1) is 6.92 Å². The van der Waals surface area contributed by atoms with Crippen LogP contribution in [0.4, 0.5) is 4.79 Å². The molecule has 1 amide bonds. The van der Waals surface area contributed by atoms with E-state index in [9.17, 15) is 13.2 Å². The van der Waals surface area contributed by atoms with Crippen LogP contribution in [0.2, 0.25) is 5.02 Å². The SMILES string of the molecule is Cc1cc(C2CCN(C(=O)OC(C)(C)C)CC2)cnc1COc1ccc(S(C)(=O)=O)cc1Cl. The lowest BCUT2D eigenvalue weighted by atomic mass is 9.89. The van der Waals surface area contributed by atoms with Gasteiger partial charge >= 0.3 is 6.09 Å². The Balaban J connectivity index is 1.59. The molecule has 0 N–H and O–H groups in total. The van der Waals surface area contributed by atoms with Crippen LogP contribution in [-0.2, 0) is 21.2 Å². The Morgan fingerprint density at radius 2 is 1.88 bits per heavy atom. The molecule has 2 heterocycles. The van der Waals surface area contributed by atoms with E-state index in [1.54, 1.807) is 11.0 Å². The second kappa shape index (κ2) is 9.89. The molecule has 0 saturated carbocycles. The van der Waals surface area contributed by atoms with E-state index in [2.05, 4.69) is 11.1 Å². The number of pyridine rings is 1. The lowest BCUT2D eigenvalue weighted by Gasteiger charge is -2.33. The molecule has 0 aliphatic carbocycles. The van der Waals surface area contributed by atoms with Crippen molar-refractivity contribution in [2.45, 2.75) is 63.6 Å². The Kier molecular flexibility index (Phi) is 7.59. The predicted octanol–water partition coefficient (Wildman–Crippen LogP) is 5.14. The van der Waals surface area contributed by atoms with Gasteiger partial charge in [-0.3, -0.25) is 4.98 Å². The number of halogens is 1. The van der Waals surface area contributed by atoms with Gasteiger partial charge in [-0.2, -0.15) is 0 Å². The van der Waals surface area contributed by atoms with Crippen molar-refractivity contribution >= 4 is 27.5 Å². The molecular formula is C24H31ClN2O5S. The van der Waals surface area contributed by atoms with E-state index in [1.165, 1.54) is 12.1 Å². The van der Waals surface area contributed by atoms with Gasteiger partial charge in [0.1, 0.15) is 18.0 Å². The molecule has 1 aliphatic rings. The first-order valence-electron chi connectivity index (χ1n) is 10.9. The third-order valence-electron chi connectivity index (χ3n) is 5.52. The number of rotatable bonds is 5. The molecule has 1 aromatic carbocycles. The first-order valence-corrected chi connectivity index (χ1v) is 13.2. The quantitative estimate of drug-likeness (QED) is 0.572. The smallest absolute Gasteiger partial charge is 0.410 e. The number of benzene rings is 1. The molecule has 3 rings (SSSR count). The van der Waals surface area contributed by atoms with E-state index in [0.29, 0.717) is 24.8 Å². The molecule has 9 heteroatoms. The molecule has 0 spiro atoms. The summed E-state index contributed by atoms with van der Waals surface area (Å²) in [5, 5.41) is 0.240. The minimum Gasteiger partial charge on any atom is -0.486 e. The Morgan fingerprint density at radius 1 is 1.21 bits per heavy atom. The fraction of sp³-hybridized carbons (Fsp3) is 0.500. The van der Waals surface area contributed by atoms with Gasteiger partial charge in [-0.25, -0.2) is 13.2 Å². The first-order chi connectivity index (χ1) is 15.3. The number of nitrogens with zero attached hydrogens (tertiary/aromatic N) is 2. The van der Waals surface area contributed by atoms with Crippen molar-refractivity contribution in [3.8, 4) is 5.75 Å². The highest BCUT2D eigenvalue weighted by Gasteiger charge is 2.27. The fourth-order valence-corrected chi connectivity index (χ4v) is 4.64. The summed E-state index contributed by atoms with van der Waals surface area (Å²) in [4.78, 5) is 18.8. The van der Waals surface area contributed by atoms with Crippen LogP contribution >= 0.6 is 11.6 Å². The second-order valence-corrected chi connectivity index (χ2v) is 11.8. The lowest BCUT2D eigenvalue weighted by Crippen LogP contribution is -2.41. The summed E-state index contributed by atoms with van der Waals surface area (Å²) in [5.74, 6) is 0.742. The summed E-state index contributed by atoms with van der Waals surface area (Å²) in [7, 11) is -3.33. The van der Waals surface area contributed by atoms with Crippen LogP contribution in [0.5, 0.6) is 5.75 Å². The van der Waals surface area contributed by atoms with Crippen molar-refractivity contribution in [3.63, 3.8) is 0 Å². The molecule has 1 fully saturated rings. The van der Waals surface area contributed by atoms with Crippen LogP contribution in [0.15, 0.2) is 35.4 Å². The summed E-state index contributed by atoms with van der Waals surface area (Å²) >= 11 is 6.19. The summed E-state index contributed by atoms with van der Waals surface area (Å²) < 4.78 is 34.6. The minimum atomic E-state index is -3.33. The van der Waals surface area contributed by atoms with Crippen molar-refractivity contribution in [2.24, 2.45) is 0 Å². The Labute approximate surface area is 201 Å². The molecule has 180 valence electrons. The van der Waals surface area contributed by atoms with E-state index < -0.39 is 15.4 Å². The Hall–Kier alpha value is -2.32. The van der Waals surface area contributed by atoms with Gasteiger partial charge in [0.05, 0.1) is 15.6 Å². The molecule has 33 heavy (non-hydrogen) atoms. The highest BCUT2D eigenvalue weighted by molar-refractivity contribution is 7.90. The lowest BCUT2D eigenvalue weighted by molar-refractivity contribution is 0.0204. The second-order valence-electron chi connectivity index (χ2n) is 9.43. The monoisotopic (exact) mass is 494 g/mol. The van der Waals surface area contributed by atoms with E-state index in [4.69, 9.17) is 21.1 Å². The van der Waals surface area contributed by atoms with Gasteiger partial charge in [-0.1, -0.05) is 17.7 Å². The number of amides is 1. The zero-order valence-electron chi connectivity index (χ0n) is 19.7. The maximum absolute atomic E-state index is 12.3. The van der Waals surface area contributed by atoms with Crippen LogP contribution < -0.4 is 4.74 Å². The zero-order chi connectivity index (χ0) is 24.4. The standard InChI is InChI=1S/C24H31ClN2O5S/c1-16-12-18(17-8-10-27(11-9-17)23(28)32-24(2,3)4)14-26-21(16)15-31-22-7-6-19(13-20(22)25)33(5,29)30/h6-7,12-14,17H,8-11,15H2,1-5H3. The van der Waals surface area contributed by atoms with E-state index in [0.717, 1.165) is 35.9 Å². The third-order valence-corrected chi connectivity index (χ3v) is 6.93. The maximum atomic E-state index is 12.3. The molecule has 2 aromatic rings. The van der Waals surface area contributed by atoms with Crippen molar-refractivity contribution < 1.29 is 22.7 Å². The largest absolute Gasteiger partial charge is 0.486 e. The predicted molar refractivity (Wildman–Crippen MR) is 128 cm³/mol. The summed E-state index contributed by atoms with van der Waals surface area (Å²) in [6, 6.07) is 6.54. The zero-order valence-corrected chi connectivity index (χ0v) is 21.3. The Morgan fingerprint density at radius 3 is 2.42 bits per heavy atom. The summed E-state index contributed by atoms with van der Waals surface area (Å²) in [6.45, 7) is 9.14. The average Bonchev–Trinajstić information content (AvgIpc) is 2.71. The highest BCUT2D eigenvalue weighted by Crippen LogP contribution is 2.31. The molecule has 7 nitrogen and oxygen atoms in total. The number of likely N-dealkylation sites (tertiary alicyclic amines) is 1. The van der Waals surface area contributed by atoms with Gasteiger partial charge in [0, 0.05) is 25.5 Å². The van der Waals surface area contributed by atoms with Crippen LogP contribution in [0.25, 0.3) is 0 Å². The van der Waals surface area contributed by atoms with Gasteiger partial charge in [-0.15, -0.1) is 0 Å². The van der Waals surface area contributed by atoms with Gasteiger partial charge in [-0.05, 0) is 75.8 Å². The molecule has 0 radical (unpaired) electrons. The molecule has 1 saturated heterocycles. The number of hydrogen-bond acceptors (Lipinski definition) is 6. The van der Waals surface area contributed by atoms with Crippen molar-refractivity contribution in [1.29, 1.82) is 0 Å². The molecule has 0 atom stereocenters. The molecular weight excluding hydrogens is 464 g/mol. The maximum Gasteiger partial charge on any atom is 0.410 e. The van der Waals surface area contributed by atoms with Crippen molar-refractivity contribution in [3.05, 3.63) is 52.3 Å². The van der Waals surface area contributed by atoms with E-state index in [1.807, 2.05) is 33.9 Å². The van der Waals surface area contributed by atoms with Gasteiger partial charge in [0.25, 0.3) is 0 Å². The van der Waals surface area contributed by atoms with Crippen molar-refractivity contribution in [1.82, 2.24) is 9.88 Å². The first kappa shape index (κ1) is 25.3. The number of piperidine rings is 1. The van der Waals surface area contributed by atoms with E-state index >= 15 is 0 Å². The average molecular weight is 495 g/mol. The van der Waals surface area contributed by atoms with Crippen molar-refractivity contribution in [2.75, 3.05) is 19.3 Å². The number of hydrogen-bond donors (Lipinski definition) is 0. The molecule has 0 bridgehead atoms. The number of aromatic nitrogens is 1.